The first-order chi connectivity index (χ1) is 28.9. The highest BCUT2D eigenvalue weighted by molar-refractivity contribution is 6.09. The zero-order chi connectivity index (χ0) is 41.8. The smallest absolute Gasteiger partial charge is 0.328 e. The fraction of sp³-hybridized carbons (Fsp3) is 0.467. The van der Waals surface area contributed by atoms with Crippen molar-refractivity contribution in [3.8, 4) is 11.8 Å². The van der Waals surface area contributed by atoms with E-state index < -0.39 is 6.03 Å². The van der Waals surface area contributed by atoms with Crippen molar-refractivity contribution in [1.29, 1.82) is 5.26 Å². The van der Waals surface area contributed by atoms with Gasteiger partial charge in [0.05, 0.1) is 40.0 Å². The number of carbonyl (C=O) groups excluding carboxylic acids is 3. The molecule has 0 bridgehead atoms. The molecule has 2 N–H and O–H groups in total. The number of urea groups is 1. The minimum atomic E-state index is -0.408. The summed E-state index contributed by atoms with van der Waals surface area (Å²) in [5.74, 6) is 1.77. The van der Waals surface area contributed by atoms with Crippen LogP contribution in [0.2, 0.25) is 0 Å². The Morgan fingerprint density at radius 3 is 2.38 bits per heavy atom. The van der Waals surface area contributed by atoms with Crippen LogP contribution in [-0.2, 0) is 4.79 Å². The molecule has 3 saturated heterocycles. The lowest BCUT2D eigenvalue weighted by molar-refractivity contribution is -0.163. The number of nitrogens with one attached hydrogen (secondary N) is 2. The highest BCUT2D eigenvalue weighted by Crippen LogP contribution is 2.56. The molecule has 0 spiro atoms. The maximum absolute atomic E-state index is 13.6. The number of aromatic nitrogens is 5. The van der Waals surface area contributed by atoms with E-state index in [2.05, 4.69) is 64.2 Å². The van der Waals surface area contributed by atoms with Crippen molar-refractivity contribution in [3.05, 3.63) is 78.4 Å². The molecule has 5 aromatic rings. The second kappa shape index (κ2) is 16.5. The zero-order valence-electron chi connectivity index (χ0n) is 35.0. The molecule has 0 atom stereocenters. The number of halogens is 1. The molecule has 1 aliphatic carbocycles. The Bertz CT molecular complexity index is 2490. The van der Waals surface area contributed by atoms with Crippen LogP contribution < -0.4 is 25.2 Å². The number of piperidine rings is 2. The van der Waals surface area contributed by atoms with E-state index in [-0.39, 0.29) is 59.7 Å². The fourth-order valence-corrected chi connectivity index (χ4v) is 10.5. The summed E-state index contributed by atoms with van der Waals surface area (Å²) in [6.45, 7) is 13.7. The van der Waals surface area contributed by atoms with Crippen LogP contribution in [0.25, 0.3) is 21.9 Å². The lowest BCUT2D eigenvalue weighted by Gasteiger charge is -2.63. The molecule has 4 aromatic heterocycles. The van der Waals surface area contributed by atoms with Gasteiger partial charge in [-0.25, -0.2) is 19.4 Å². The standard InChI is InChI=1S/C45H51N11O4.ClH/c1-44(2)41(45(3,4)42(44)60-35-9-7-29(24-46)38-32(35)6-5-17-47-38)52-40(58)30-8-10-36(49-25-30)54-21-12-28(13-22-54)27-53-19-14-31(15-20-53)56-39-33(26-50-56)34(11-18-48-39)55-23-16-37(57)51-43(55)59;/h5-11,17-18,25-26,28,31,41-42H,12-16,19-23,27H2,1-4H3,(H,52,58)(H,51,57,59);1H/t41-,42-;. The second-order valence-corrected chi connectivity index (χ2v) is 17.9. The lowest BCUT2D eigenvalue weighted by atomic mass is 9.49. The largest absolute Gasteiger partial charge is 0.488 e. The van der Waals surface area contributed by atoms with Crippen LogP contribution in [0, 0.1) is 28.1 Å². The van der Waals surface area contributed by atoms with Gasteiger partial charge < -0.3 is 19.9 Å². The Hall–Kier alpha value is -5.85. The van der Waals surface area contributed by atoms with Gasteiger partial charge in [-0.3, -0.25) is 24.8 Å². The van der Waals surface area contributed by atoms with E-state index in [1.165, 1.54) is 0 Å². The average molecular weight is 846 g/mol. The van der Waals surface area contributed by atoms with Gasteiger partial charge in [0.2, 0.25) is 5.91 Å². The van der Waals surface area contributed by atoms with Gasteiger partial charge in [-0.15, -0.1) is 12.4 Å². The molecule has 4 amide bonds. The Morgan fingerprint density at radius 1 is 0.902 bits per heavy atom. The predicted octanol–water partition coefficient (Wildman–Crippen LogP) is 6.28. The first-order valence-corrected chi connectivity index (χ1v) is 21.0. The van der Waals surface area contributed by atoms with Crippen LogP contribution in [0.4, 0.5) is 16.3 Å². The molecule has 1 aromatic carbocycles. The summed E-state index contributed by atoms with van der Waals surface area (Å²) in [6, 6.07) is 14.9. The first-order valence-electron chi connectivity index (χ1n) is 21.0. The topological polar surface area (TPSA) is 174 Å². The number of rotatable bonds is 9. The Balaban J connectivity index is 0.00000514. The van der Waals surface area contributed by atoms with Crippen molar-refractivity contribution in [2.75, 3.05) is 49.1 Å². The minimum Gasteiger partial charge on any atom is -0.488 e. The molecular formula is C45H52ClN11O4. The van der Waals surface area contributed by atoms with E-state index in [9.17, 15) is 19.6 Å². The van der Waals surface area contributed by atoms with Gasteiger partial charge in [-0.05, 0) is 74.1 Å². The summed E-state index contributed by atoms with van der Waals surface area (Å²) in [7, 11) is 0. The second-order valence-electron chi connectivity index (χ2n) is 17.9. The Labute approximate surface area is 361 Å². The molecular weight excluding hydrogens is 794 g/mol. The minimum absolute atomic E-state index is 0. The third kappa shape index (κ3) is 7.72. The van der Waals surface area contributed by atoms with Crippen molar-refractivity contribution in [2.24, 2.45) is 16.7 Å². The summed E-state index contributed by atoms with van der Waals surface area (Å²) < 4.78 is 8.67. The van der Waals surface area contributed by atoms with Gasteiger partial charge in [-0.2, -0.15) is 10.4 Å². The molecule has 16 heteroatoms. The molecule has 0 unspecified atom stereocenters. The maximum atomic E-state index is 13.6. The van der Waals surface area contributed by atoms with E-state index in [4.69, 9.17) is 14.8 Å². The van der Waals surface area contributed by atoms with Gasteiger partial charge in [0.25, 0.3) is 5.91 Å². The number of amides is 4. The van der Waals surface area contributed by atoms with E-state index in [0.29, 0.717) is 34.9 Å². The molecule has 4 aliphatic rings. The third-order valence-corrected chi connectivity index (χ3v) is 13.4. The number of fused-ring (bicyclic) bond motifs is 2. The summed E-state index contributed by atoms with van der Waals surface area (Å²) in [4.78, 5) is 58.2. The van der Waals surface area contributed by atoms with Crippen molar-refractivity contribution in [3.63, 3.8) is 0 Å². The van der Waals surface area contributed by atoms with Gasteiger partial charge in [0.15, 0.2) is 5.65 Å². The number of carbonyl (C=O) groups is 3. The number of anilines is 2. The Morgan fingerprint density at radius 2 is 1.67 bits per heavy atom. The highest BCUT2D eigenvalue weighted by atomic mass is 35.5. The van der Waals surface area contributed by atoms with Gasteiger partial charge in [0.1, 0.15) is 23.7 Å². The summed E-state index contributed by atoms with van der Waals surface area (Å²) in [5.41, 5.74) is 2.41. The molecule has 9 rings (SSSR count). The van der Waals surface area contributed by atoms with Crippen LogP contribution in [0.1, 0.15) is 81.8 Å². The SMILES string of the molecule is CC1(C)[C@H](NC(=O)c2ccc(N3CCC(CN4CCC(n5ncc6c(N7CCC(=O)NC7=O)ccnc65)CC4)CC3)nc2)C(C)(C)[C@H]1Oc1ccc(C#N)c2ncccc12.Cl. The maximum Gasteiger partial charge on any atom is 0.328 e. The van der Waals surface area contributed by atoms with Gasteiger partial charge in [-0.1, -0.05) is 27.7 Å². The van der Waals surface area contributed by atoms with Crippen LogP contribution in [0.5, 0.6) is 5.75 Å². The summed E-state index contributed by atoms with van der Waals surface area (Å²) >= 11 is 0. The first kappa shape index (κ1) is 41.9. The number of hydrogen-bond donors (Lipinski definition) is 2. The molecule has 61 heavy (non-hydrogen) atoms. The highest BCUT2D eigenvalue weighted by Gasteiger charge is 2.64. The molecule has 4 fully saturated rings. The van der Waals surface area contributed by atoms with E-state index >= 15 is 0 Å². The fourth-order valence-electron chi connectivity index (χ4n) is 10.5. The summed E-state index contributed by atoms with van der Waals surface area (Å²) in [6.07, 6.45) is 11.1. The van der Waals surface area contributed by atoms with Crippen molar-refractivity contribution >= 4 is 63.7 Å². The molecule has 15 nitrogen and oxygen atoms in total. The molecule has 0 radical (unpaired) electrons. The zero-order valence-corrected chi connectivity index (χ0v) is 35.8. The normalized spacial score (nSPS) is 22.0. The van der Waals surface area contributed by atoms with Gasteiger partial charge >= 0.3 is 6.03 Å². The quantitative estimate of drug-likeness (QED) is 0.171. The number of hydrogen-bond acceptors (Lipinski definition) is 11. The molecule has 7 heterocycles. The van der Waals surface area contributed by atoms with E-state index in [0.717, 1.165) is 86.3 Å². The van der Waals surface area contributed by atoms with Crippen LogP contribution in [0.3, 0.4) is 0 Å². The number of nitrogens with zero attached hydrogens (tertiary/aromatic N) is 9. The summed E-state index contributed by atoms with van der Waals surface area (Å²) in [5, 5.41) is 21.6. The Kier molecular flexibility index (Phi) is 11.4. The van der Waals surface area contributed by atoms with E-state index in [1.807, 2.05) is 41.1 Å². The number of imide groups is 1. The number of benzene rings is 1. The average Bonchev–Trinajstić information content (AvgIpc) is 3.70. The third-order valence-electron chi connectivity index (χ3n) is 13.4. The number of likely N-dealkylation sites (tertiary alicyclic amines) is 1. The number of pyridine rings is 3. The van der Waals surface area contributed by atoms with Crippen LogP contribution in [-0.4, -0.2) is 98.9 Å². The molecule has 318 valence electrons. The number of nitriles is 1. The molecule has 1 saturated carbocycles. The number of ether oxygens (including phenoxy) is 1. The predicted molar refractivity (Wildman–Crippen MR) is 234 cm³/mol. The lowest BCUT2D eigenvalue weighted by Crippen LogP contribution is -2.74. The van der Waals surface area contributed by atoms with Crippen LogP contribution >= 0.6 is 12.4 Å². The van der Waals surface area contributed by atoms with E-state index in [1.54, 1.807) is 35.8 Å². The van der Waals surface area contributed by atoms with Crippen molar-refractivity contribution < 1.29 is 19.1 Å². The van der Waals surface area contributed by atoms with Crippen LogP contribution in [0.15, 0.2) is 67.3 Å². The molecule has 3 aliphatic heterocycles. The monoisotopic (exact) mass is 845 g/mol. The van der Waals surface area contributed by atoms with Gasteiger partial charge in [0, 0.05) is 86.5 Å². The van der Waals surface area contributed by atoms with Crippen molar-refractivity contribution in [2.45, 2.75) is 78.0 Å². The van der Waals surface area contributed by atoms with Crippen molar-refractivity contribution in [1.82, 2.24) is 40.3 Å².